The van der Waals surface area contributed by atoms with Gasteiger partial charge in [-0.2, -0.15) is 0 Å². The first kappa shape index (κ1) is 11.4. The van der Waals surface area contributed by atoms with E-state index in [1.54, 1.807) is 6.20 Å². The van der Waals surface area contributed by atoms with Crippen LogP contribution in [0.3, 0.4) is 0 Å². The maximum atomic E-state index is 5.60. The van der Waals surface area contributed by atoms with E-state index in [0.717, 1.165) is 5.88 Å². The molecule has 1 saturated heterocycles. The average molecular weight is 220 g/mol. The van der Waals surface area contributed by atoms with Crippen molar-refractivity contribution in [2.24, 2.45) is 0 Å². The van der Waals surface area contributed by atoms with E-state index in [2.05, 4.69) is 23.0 Å². The number of hydrogen-bond acceptors (Lipinski definition) is 3. The fraction of sp³-hybridized carbons (Fsp3) is 0.615. The highest BCUT2D eigenvalue weighted by Gasteiger charge is 2.23. The van der Waals surface area contributed by atoms with Gasteiger partial charge < -0.3 is 4.74 Å². The number of aromatic nitrogens is 1. The van der Waals surface area contributed by atoms with E-state index in [1.807, 2.05) is 13.0 Å². The van der Waals surface area contributed by atoms with Crippen molar-refractivity contribution in [1.82, 2.24) is 9.88 Å². The lowest BCUT2D eigenvalue weighted by Crippen LogP contribution is -2.30. The molecule has 1 atom stereocenters. The molecule has 3 nitrogen and oxygen atoms in total. The van der Waals surface area contributed by atoms with Crippen molar-refractivity contribution in [3.63, 3.8) is 0 Å². The van der Waals surface area contributed by atoms with Crippen LogP contribution in [-0.2, 0) is 0 Å². The fourth-order valence-electron chi connectivity index (χ4n) is 2.38. The molecular formula is C13H20N2O. The van der Waals surface area contributed by atoms with Crippen LogP contribution in [-0.4, -0.2) is 30.1 Å². The van der Waals surface area contributed by atoms with Crippen molar-refractivity contribution >= 4 is 0 Å². The minimum absolute atomic E-state index is 0.476. The Morgan fingerprint density at radius 2 is 2.38 bits per heavy atom. The molecule has 0 aliphatic carbocycles. The number of nitrogens with zero attached hydrogens (tertiary/aromatic N) is 2. The quantitative estimate of drug-likeness (QED) is 0.783. The predicted molar refractivity (Wildman–Crippen MR) is 64.6 cm³/mol. The van der Waals surface area contributed by atoms with Gasteiger partial charge >= 0.3 is 0 Å². The Morgan fingerprint density at radius 3 is 3.12 bits per heavy atom. The van der Waals surface area contributed by atoms with Crippen molar-refractivity contribution in [2.75, 3.05) is 20.2 Å². The average Bonchev–Trinajstić information content (AvgIpc) is 2.31. The van der Waals surface area contributed by atoms with Crippen LogP contribution in [0, 0.1) is 0 Å². The molecule has 1 aromatic heterocycles. The van der Waals surface area contributed by atoms with Gasteiger partial charge in [-0.05, 0) is 39.4 Å². The summed E-state index contributed by atoms with van der Waals surface area (Å²) in [7, 11) is 2.19. The van der Waals surface area contributed by atoms with Crippen LogP contribution in [0.5, 0.6) is 5.88 Å². The Hall–Kier alpha value is -1.09. The second kappa shape index (κ2) is 5.30. The summed E-state index contributed by atoms with van der Waals surface area (Å²) in [6.07, 6.45) is 5.62. The van der Waals surface area contributed by atoms with E-state index in [0.29, 0.717) is 12.6 Å². The number of likely N-dealkylation sites (tertiary alicyclic amines) is 1. The molecule has 3 heteroatoms. The van der Waals surface area contributed by atoms with Crippen LogP contribution in [0.25, 0.3) is 0 Å². The van der Waals surface area contributed by atoms with Crippen LogP contribution >= 0.6 is 0 Å². The van der Waals surface area contributed by atoms with Gasteiger partial charge in [0.25, 0.3) is 0 Å². The Labute approximate surface area is 97.4 Å². The Morgan fingerprint density at radius 1 is 1.50 bits per heavy atom. The van der Waals surface area contributed by atoms with Gasteiger partial charge in [-0.3, -0.25) is 4.90 Å². The van der Waals surface area contributed by atoms with Gasteiger partial charge in [0.05, 0.1) is 6.61 Å². The normalized spacial score (nSPS) is 22.0. The smallest absolute Gasteiger partial charge is 0.218 e. The zero-order valence-electron chi connectivity index (χ0n) is 10.1. The molecule has 1 aromatic rings. The van der Waals surface area contributed by atoms with Gasteiger partial charge in [0.15, 0.2) is 0 Å². The molecule has 0 spiro atoms. The van der Waals surface area contributed by atoms with Crippen molar-refractivity contribution in [3.05, 3.63) is 23.9 Å². The summed E-state index contributed by atoms with van der Waals surface area (Å²) >= 11 is 0. The highest BCUT2D eigenvalue weighted by atomic mass is 16.5. The van der Waals surface area contributed by atoms with Gasteiger partial charge in [0, 0.05) is 17.8 Å². The van der Waals surface area contributed by atoms with E-state index in [9.17, 15) is 0 Å². The monoisotopic (exact) mass is 220 g/mol. The van der Waals surface area contributed by atoms with Crippen LogP contribution in [0.15, 0.2) is 18.3 Å². The lowest BCUT2D eigenvalue weighted by Gasteiger charge is -2.33. The van der Waals surface area contributed by atoms with Crippen molar-refractivity contribution in [2.45, 2.75) is 32.2 Å². The Balaban J connectivity index is 2.23. The van der Waals surface area contributed by atoms with Crippen LogP contribution in [0.2, 0.25) is 0 Å². The molecule has 1 aliphatic heterocycles. The number of hydrogen-bond donors (Lipinski definition) is 0. The number of rotatable bonds is 3. The van der Waals surface area contributed by atoms with Crippen LogP contribution < -0.4 is 4.74 Å². The van der Waals surface area contributed by atoms with Gasteiger partial charge in [-0.15, -0.1) is 0 Å². The molecule has 16 heavy (non-hydrogen) atoms. The Bertz CT molecular complexity index is 340. The van der Waals surface area contributed by atoms with E-state index in [1.165, 1.54) is 31.4 Å². The third-order valence-electron chi connectivity index (χ3n) is 3.21. The molecule has 2 heterocycles. The molecule has 0 saturated carbocycles. The van der Waals surface area contributed by atoms with Crippen LogP contribution in [0.1, 0.15) is 37.8 Å². The third-order valence-corrected chi connectivity index (χ3v) is 3.21. The predicted octanol–water partition coefficient (Wildman–Crippen LogP) is 2.64. The summed E-state index contributed by atoms with van der Waals surface area (Å²) in [6, 6.07) is 4.62. The van der Waals surface area contributed by atoms with Gasteiger partial charge in [-0.25, -0.2) is 4.98 Å². The summed E-state index contributed by atoms with van der Waals surface area (Å²) in [4.78, 5) is 6.73. The standard InChI is InChI=1S/C13H20N2O/c1-3-16-13-11(7-6-9-14-13)12-8-4-5-10-15(12)2/h6-7,9,12H,3-5,8,10H2,1-2H3/t12-/m1/s1. The first-order valence-corrected chi connectivity index (χ1v) is 6.11. The van der Waals surface area contributed by atoms with E-state index in [4.69, 9.17) is 4.74 Å². The van der Waals surface area contributed by atoms with Crippen molar-refractivity contribution < 1.29 is 4.74 Å². The van der Waals surface area contributed by atoms with E-state index in [-0.39, 0.29) is 0 Å². The van der Waals surface area contributed by atoms with E-state index >= 15 is 0 Å². The highest BCUT2D eigenvalue weighted by Crippen LogP contribution is 2.33. The topological polar surface area (TPSA) is 25.4 Å². The summed E-state index contributed by atoms with van der Waals surface area (Å²) in [5.74, 6) is 0.809. The summed E-state index contributed by atoms with van der Waals surface area (Å²) in [6.45, 7) is 3.86. The maximum Gasteiger partial charge on any atom is 0.218 e. The molecule has 0 amide bonds. The van der Waals surface area contributed by atoms with Gasteiger partial charge in [0.2, 0.25) is 5.88 Å². The summed E-state index contributed by atoms with van der Waals surface area (Å²) in [5, 5.41) is 0. The molecule has 0 bridgehead atoms. The SMILES string of the molecule is CCOc1ncccc1[C@H]1CCCCN1C. The van der Waals surface area contributed by atoms with Crippen LogP contribution in [0.4, 0.5) is 0 Å². The number of pyridine rings is 1. The summed E-state index contributed by atoms with van der Waals surface area (Å²) < 4.78 is 5.60. The summed E-state index contributed by atoms with van der Waals surface area (Å²) in [5.41, 5.74) is 1.24. The second-order valence-corrected chi connectivity index (χ2v) is 4.32. The molecule has 2 rings (SSSR count). The lowest BCUT2D eigenvalue weighted by molar-refractivity contribution is 0.181. The molecule has 0 N–H and O–H groups in total. The molecule has 88 valence electrons. The first-order chi connectivity index (χ1) is 7.83. The minimum Gasteiger partial charge on any atom is -0.478 e. The molecule has 0 aromatic carbocycles. The molecule has 1 aliphatic rings. The molecule has 0 unspecified atom stereocenters. The maximum absolute atomic E-state index is 5.60. The number of ether oxygens (including phenoxy) is 1. The van der Waals surface area contributed by atoms with Gasteiger partial charge in [0.1, 0.15) is 0 Å². The largest absolute Gasteiger partial charge is 0.478 e. The van der Waals surface area contributed by atoms with Crippen molar-refractivity contribution in [1.29, 1.82) is 0 Å². The lowest BCUT2D eigenvalue weighted by atomic mass is 9.97. The third kappa shape index (κ3) is 2.35. The minimum atomic E-state index is 0.476. The fourth-order valence-corrected chi connectivity index (χ4v) is 2.38. The van der Waals surface area contributed by atoms with Gasteiger partial charge in [-0.1, -0.05) is 12.5 Å². The van der Waals surface area contributed by atoms with E-state index < -0.39 is 0 Å². The first-order valence-electron chi connectivity index (χ1n) is 6.11. The second-order valence-electron chi connectivity index (χ2n) is 4.32. The number of piperidine rings is 1. The zero-order chi connectivity index (χ0) is 11.4. The molecule has 1 fully saturated rings. The highest BCUT2D eigenvalue weighted by molar-refractivity contribution is 5.29. The zero-order valence-corrected chi connectivity index (χ0v) is 10.1. The Kier molecular flexibility index (Phi) is 3.78. The van der Waals surface area contributed by atoms with Crippen molar-refractivity contribution in [3.8, 4) is 5.88 Å². The molecular weight excluding hydrogens is 200 g/mol. The molecule has 0 radical (unpaired) electrons.